The van der Waals surface area contributed by atoms with Gasteiger partial charge in [-0.05, 0) is 41.5 Å². The third-order valence-electron chi connectivity index (χ3n) is 4.33. The monoisotopic (exact) mass is 393 g/mol. The number of benzene rings is 3. The van der Waals surface area contributed by atoms with E-state index in [0.717, 1.165) is 16.9 Å². The van der Waals surface area contributed by atoms with Crippen LogP contribution in [-0.2, 0) is 23.0 Å². The zero-order valence-corrected chi connectivity index (χ0v) is 16.8. The number of methoxy groups -OCH3 is 1. The molecule has 0 bridgehead atoms. The van der Waals surface area contributed by atoms with Crippen LogP contribution in [0.25, 0.3) is 0 Å². The smallest absolute Gasteiger partial charge is 0.255 e. The molecule has 3 aromatic rings. The highest BCUT2D eigenvalue weighted by Crippen LogP contribution is 2.25. The highest BCUT2D eigenvalue weighted by Gasteiger charge is 2.10. The largest absolute Gasteiger partial charge is 0.496 e. The molecule has 28 heavy (non-hydrogen) atoms. The average Bonchev–Trinajstić information content (AvgIpc) is 2.69. The molecule has 0 aliphatic rings. The third kappa shape index (κ3) is 5.30. The van der Waals surface area contributed by atoms with Crippen LogP contribution in [0.1, 0.15) is 27.0 Å². The summed E-state index contributed by atoms with van der Waals surface area (Å²) in [7, 11) is 0.696. The molecule has 1 N–H and O–H groups in total. The Kier molecular flexibility index (Phi) is 6.61. The average molecular weight is 394 g/mol. The van der Waals surface area contributed by atoms with Gasteiger partial charge in [-0.15, -0.1) is 0 Å². The van der Waals surface area contributed by atoms with Crippen molar-refractivity contribution >= 4 is 22.4 Å². The normalized spacial score (nSPS) is 11.6. The first-order chi connectivity index (χ1) is 13.5. The zero-order valence-electron chi connectivity index (χ0n) is 16.0. The first-order valence-electron chi connectivity index (χ1n) is 8.96. The van der Waals surface area contributed by atoms with Gasteiger partial charge in [0.15, 0.2) is 0 Å². The number of rotatable bonds is 7. The highest BCUT2D eigenvalue weighted by atomic mass is 32.2. The summed E-state index contributed by atoms with van der Waals surface area (Å²) in [5, 5.41) is 2.95. The van der Waals surface area contributed by atoms with Crippen molar-refractivity contribution in [2.24, 2.45) is 0 Å². The maximum atomic E-state index is 12.7. The van der Waals surface area contributed by atoms with E-state index in [1.165, 1.54) is 5.56 Å². The summed E-state index contributed by atoms with van der Waals surface area (Å²) < 4.78 is 16.9. The standard InChI is InChI=1S/C23H23NO3S/c1-27-22-12-11-21(15-20(22)13-17-7-4-3-5-8-17)24-23(25)19-10-6-9-18(14-19)16-28(2)26/h3-12,14-15H,13,16H2,1-2H3,(H,24,25). The molecule has 0 saturated heterocycles. The topological polar surface area (TPSA) is 55.4 Å². The van der Waals surface area contributed by atoms with Crippen molar-refractivity contribution in [3.63, 3.8) is 0 Å². The minimum absolute atomic E-state index is 0.195. The van der Waals surface area contributed by atoms with Crippen LogP contribution in [-0.4, -0.2) is 23.5 Å². The van der Waals surface area contributed by atoms with E-state index in [0.29, 0.717) is 23.4 Å². The van der Waals surface area contributed by atoms with Crippen LogP contribution >= 0.6 is 0 Å². The quantitative estimate of drug-likeness (QED) is 0.647. The summed E-state index contributed by atoms with van der Waals surface area (Å²) in [5.74, 6) is 1.03. The molecule has 0 heterocycles. The van der Waals surface area contributed by atoms with Crippen molar-refractivity contribution in [2.75, 3.05) is 18.7 Å². The lowest BCUT2D eigenvalue weighted by molar-refractivity contribution is 0.102. The van der Waals surface area contributed by atoms with Crippen LogP contribution in [0.2, 0.25) is 0 Å². The van der Waals surface area contributed by atoms with Gasteiger partial charge in [0.05, 0.1) is 7.11 Å². The van der Waals surface area contributed by atoms with Gasteiger partial charge < -0.3 is 10.1 Å². The number of ether oxygens (including phenoxy) is 1. The van der Waals surface area contributed by atoms with Crippen LogP contribution in [0.5, 0.6) is 5.75 Å². The Morgan fingerprint density at radius 2 is 1.71 bits per heavy atom. The van der Waals surface area contributed by atoms with Gasteiger partial charge >= 0.3 is 0 Å². The molecule has 3 aromatic carbocycles. The molecular weight excluding hydrogens is 370 g/mol. The molecule has 0 fully saturated rings. The molecule has 144 valence electrons. The molecule has 5 heteroatoms. The van der Waals surface area contributed by atoms with E-state index in [1.807, 2.05) is 48.5 Å². The van der Waals surface area contributed by atoms with Gasteiger partial charge in [0.1, 0.15) is 5.75 Å². The summed E-state index contributed by atoms with van der Waals surface area (Å²) in [6.07, 6.45) is 2.36. The van der Waals surface area contributed by atoms with E-state index in [2.05, 4.69) is 17.4 Å². The molecule has 4 nitrogen and oxygen atoms in total. The molecule has 0 saturated carbocycles. The second-order valence-electron chi connectivity index (χ2n) is 6.56. The van der Waals surface area contributed by atoms with Gasteiger partial charge in [-0.3, -0.25) is 9.00 Å². The number of hydrogen-bond donors (Lipinski definition) is 1. The van der Waals surface area contributed by atoms with Crippen LogP contribution in [0.3, 0.4) is 0 Å². The number of hydrogen-bond acceptors (Lipinski definition) is 3. The van der Waals surface area contributed by atoms with Crippen molar-refractivity contribution < 1.29 is 13.7 Å². The van der Waals surface area contributed by atoms with Crippen LogP contribution in [0.4, 0.5) is 5.69 Å². The van der Waals surface area contributed by atoms with E-state index < -0.39 is 10.8 Å². The lowest BCUT2D eigenvalue weighted by Gasteiger charge is -2.12. The maximum absolute atomic E-state index is 12.7. The van der Waals surface area contributed by atoms with Crippen molar-refractivity contribution in [3.8, 4) is 5.75 Å². The van der Waals surface area contributed by atoms with Gasteiger partial charge in [0, 0.05) is 46.0 Å². The van der Waals surface area contributed by atoms with E-state index in [4.69, 9.17) is 4.74 Å². The molecular formula is C23H23NO3S. The third-order valence-corrected chi connectivity index (χ3v) is 5.07. The number of amides is 1. The Morgan fingerprint density at radius 1 is 0.964 bits per heavy atom. The molecule has 0 aromatic heterocycles. The Hall–Kier alpha value is -2.92. The minimum Gasteiger partial charge on any atom is -0.496 e. The van der Waals surface area contributed by atoms with Gasteiger partial charge in [-0.1, -0.05) is 42.5 Å². The fourth-order valence-corrected chi connectivity index (χ4v) is 3.70. The SMILES string of the molecule is COc1ccc(NC(=O)c2cccc(CS(C)=O)c2)cc1Cc1ccccc1. The molecule has 0 aliphatic carbocycles. The van der Waals surface area contributed by atoms with Crippen LogP contribution < -0.4 is 10.1 Å². The second kappa shape index (κ2) is 9.33. The fraction of sp³-hybridized carbons (Fsp3) is 0.174. The fourth-order valence-electron chi connectivity index (χ4n) is 3.05. The number of nitrogens with one attached hydrogen (secondary N) is 1. The summed E-state index contributed by atoms with van der Waals surface area (Å²) in [6, 6.07) is 23.0. The van der Waals surface area contributed by atoms with Crippen molar-refractivity contribution in [2.45, 2.75) is 12.2 Å². The summed E-state index contributed by atoms with van der Waals surface area (Å²) >= 11 is 0. The van der Waals surface area contributed by atoms with E-state index in [1.54, 1.807) is 25.5 Å². The number of carbonyl (C=O) groups excluding carboxylic acids is 1. The maximum Gasteiger partial charge on any atom is 0.255 e. The van der Waals surface area contributed by atoms with Crippen molar-refractivity contribution in [1.29, 1.82) is 0 Å². The number of carbonyl (C=O) groups is 1. The van der Waals surface area contributed by atoms with Crippen LogP contribution in [0, 0.1) is 0 Å². The summed E-state index contributed by atoms with van der Waals surface area (Å²) in [6.45, 7) is 0. The first-order valence-corrected chi connectivity index (χ1v) is 10.7. The Labute approximate surface area is 168 Å². The molecule has 1 amide bonds. The molecule has 1 atom stereocenters. The molecule has 0 spiro atoms. The summed E-state index contributed by atoms with van der Waals surface area (Å²) in [4.78, 5) is 12.7. The molecule has 0 aliphatic heterocycles. The minimum atomic E-state index is -0.948. The lowest BCUT2D eigenvalue weighted by atomic mass is 10.0. The van der Waals surface area contributed by atoms with Gasteiger partial charge in [0.2, 0.25) is 0 Å². The van der Waals surface area contributed by atoms with Crippen molar-refractivity contribution in [1.82, 2.24) is 0 Å². The van der Waals surface area contributed by atoms with Crippen LogP contribution in [0.15, 0.2) is 72.8 Å². The molecule has 3 rings (SSSR count). The van der Waals surface area contributed by atoms with Crippen molar-refractivity contribution in [3.05, 3.63) is 95.1 Å². The molecule has 1 unspecified atom stereocenters. The number of anilines is 1. The van der Waals surface area contributed by atoms with Gasteiger partial charge in [0.25, 0.3) is 5.91 Å². The Balaban J connectivity index is 1.79. The predicted molar refractivity (Wildman–Crippen MR) is 114 cm³/mol. The highest BCUT2D eigenvalue weighted by molar-refractivity contribution is 7.83. The Bertz CT molecular complexity index is 986. The van der Waals surface area contributed by atoms with E-state index in [9.17, 15) is 9.00 Å². The van der Waals surface area contributed by atoms with E-state index in [-0.39, 0.29) is 5.91 Å². The first kappa shape index (κ1) is 19.8. The van der Waals surface area contributed by atoms with Gasteiger partial charge in [-0.2, -0.15) is 0 Å². The lowest BCUT2D eigenvalue weighted by Crippen LogP contribution is -2.12. The van der Waals surface area contributed by atoms with E-state index >= 15 is 0 Å². The molecule has 0 radical (unpaired) electrons. The second-order valence-corrected chi connectivity index (χ2v) is 8.00. The Morgan fingerprint density at radius 3 is 2.43 bits per heavy atom. The zero-order chi connectivity index (χ0) is 19.9. The van der Waals surface area contributed by atoms with Gasteiger partial charge in [-0.25, -0.2) is 0 Å². The summed E-state index contributed by atoms with van der Waals surface area (Å²) in [5.41, 5.74) is 4.31. The predicted octanol–water partition coefficient (Wildman–Crippen LogP) is 4.42.